The summed E-state index contributed by atoms with van der Waals surface area (Å²) >= 11 is 0. The Hall–Kier alpha value is -0.155. The lowest BCUT2D eigenvalue weighted by Gasteiger charge is -2.27. The van der Waals surface area contributed by atoms with Gasteiger partial charge in [-0.3, -0.25) is 0 Å². The summed E-state index contributed by atoms with van der Waals surface area (Å²) in [4.78, 5) is 0. The Bertz CT molecular complexity index is 119. The summed E-state index contributed by atoms with van der Waals surface area (Å²) in [5.74, 6) is -0.722. The normalized spacial score (nSPS) is 30.8. The molecule has 0 aliphatic heterocycles. The lowest BCUT2D eigenvalue weighted by atomic mass is 9.63. The molecule has 5 heteroatoms. The van der Waals surface area contributed by atoms with E-state index in [0.29, 0.717) is 25.7 Å². The van der Waals surface area contributed by atoms with Crippen LogP contribution in [-0.4, -0.2) is 23.6 Å². The SMILES string of the molecule is OB(O)C1CCC(C(F)F)CC1. The molecule has 0 aromatic carbocycles. The van der Waals surface area contributed by atoms with Crippen molar-refractivity contribution in [2.75, 3.05) is 0 Å². The molecule has 1 rings (SSSR count). The first-order valence-electron chi connectivity index (χ1n) is 4.25. The fraction of sp³-hybridized carbons (Fsp3) is 1.00. The average Bonchev–Trinajstić information content (AvgIpc) is 2.04. The highest BCUT2D eigenvalue weighted by Crippen LogP contribution is 2.36. The Balaban J connectivity index is 2.30. The number of halogens is 2. The molecule has 0 amide bonds. The van der Waals surface area contributed by atoms with Gasteiger partial charge in [0.1, 0.15) is 0 Å². The van der Waals surface area contributed by atoms with E-state index in [0.717, 1.165) is 0 Å². The van der Waals surface area contributed by atoms with E-state index < -0.39 is 19.5 Å². The van der Waals surface area contributed by atoms with Gasteiger partial charge in [-0.15, -0.1) is 0 Å². The third-order valence-corrected chi connectivity index (χ3v) is 2.59. The fourth-order valence-electron chi connectivity index (χ4n) is 1.70. The van der Waals surface area contributed by atoms with Gasteiger partial charge in [-0.1, -0.05) is 12.8 Å². The zero-order valence-electron chi connectivity index (χ0n) is 6.79. The van der Waals surface area contributed by atoms with E-state index >= 15 is 0 Å². The Morgan fingerprint density at radius 1 is 1.08 bits per heavy atom. The van der Waals surface area contributed by atoms with Crippen molar-refractivity contribution in [1.82, 2.24) is 0 Å². The van der Waals surface area contributed by atoms with E-state index in [4.69, 9.17) is 10.0 Å². The minimum absolute atomic E-state index is 0.194. The van der Waals surface area contributed by atoms with Crippen molar-refractivity contribution in [3.05, 3.63) is 0 Å². The average molecular weight is 178 g/mol. The van der Waals surface area contributed by atoms with Gasteiger partial charge < -0.3 is 10.0 Å². The molecule has 0 aromatic heterocycles. The summed E-state index contributed by atoms with van der Waals surface area (Å²) in [5.41, 5.74) is 0. The van der Waals surface area contributed by atoms with Crippen molar-refractivity contribution in [3.8, 4) is 0 Å². The predicted molar refractivity (Wildman–Crippen MR) is 41.9 cm³/mol. The van der Waals surface area contributed by atoms with Crippen LogP contribution in [-0.2, 0) is 0 Å². The van der Waals surface area contributed by atoms with Gasteiger partial charge in [-0.25, -0.2) is 8.78 Å². The summed E-state index contributed by atoms with van der Waals surface area (Å²) in [6, 6.07) is 0. The highest BCUT2D eigenvalue weighted by atomic mass is 19.3. The van der Waals surface area contributed by atoms with Crippen LogP contribution in [0.2, 0.25) is 5.82 Å². The quantitative estimate of drug-likeness (QED) is 0.625. The first-order chi connectivity index (χ1) is 5.61. The van der Waals surface area contributed by atoms with Gasteiger partial charge in [0.05, 0.1) is 0 Å². The Morgan fingerprint density at radius 2 is 1.58 bits per heavy atom. The fourth-order valence-corrected chi connectivity index (χ4v) is 1.70. The van der Waals surface area contributed by atoms with Gasteiger partial charge in [0.15, 0.2) is 0 Å². The van der Waals surface area contributed by atoms with Crippen LogP contribution in [0.1, 0.15) is 25.7 Å². The van der Waals surface area contributed by atoms with E-state index in [1.165, 1.54) is 0 Å². The van der Waals surface area contributed by atoms with Gasteiger partial charge in [0, 0.05) is 5.92 Å². The van der Waals surface area contributed by atoms with Crippen molar-refractivity contribution in [1.29, 1.82) is 0 Å². The molecule has 1 saturated carbocycles. The molecular weight excluding hydrogens is 165 g/mol. The molecule has 70 valence electrons. The second-order valence-electron chi connectivity index (χ2n) is 3.42. The topological polar surface area (TPSA) is 40.5 Å². The molecule has 12 heavy (non-hydrogen) atoms. The molecule has 0 spiro atoms. The zero-order valence-corrected chi connectivity index (χ0v) is 6.79. The summed E-state index contributed by atoms with van der Waals surface area (Å²) in [6.45, 7) is 0. The van der Waals surface area contributed by atoms with Crippen molar-refractivity contribution < 1.29 is 18.8 Å². The zero-order chi connectivity index (χ0) is 9.14. The Morgan fingerprint density at radius 3 is 1.92 bits per heavy atom. The molecule has 0 radical (unpaired) electrons. The summed E-state index contributed by atoms with van der Waals surface area (Å²) < 4.78 is 24.2. The monoisotopic (exact) mass is 178 g/mol. The maximum Gasteiger partial charge on any atom is 0.454 e. The van der Waals surface area contributed by atoms with E-state index in [1.54, 1.807) is 0 Å². The van der Waals surface area contributed by atoms with Crippen LogP contribution in [0.15, 0.2) is 0 Å². The van der Waals surface area contributed by atoms with Gasteiger partial charge in [-0.2, -0.15) is 0 Å². The molecule has 0 atom stereocenters. The summed E-state index contributed by atoms with van der Waals surface area (Å²) in [5, 5.41) is 17.5. The smallest absolute Gasteiger partial charge is 0.427 e. The molecule has 1 fully saturated rings. The van der Waals surface area contributed by atoms with Crippen LogP contribution in [0, 0.1) is 5.92 Å². The standard InChI is InChI=1S/C7H13BF2O2/c9-7(10)5-1-3-6(4-2-5)8(11)12/h5-7,11-12H,1-4H2. The number of hydrogen-bond acceptors (Lipinski definition) is 2. The molecule has 1 aliphatic carbocycles. The minimum atomic E-state index is -2.25. The first-order valence-corrected chi connectivity index (χ1v) is 4.25. The number of hydrogen-bond donors (Lipinski definition) is 2. The molecule has 0 bridgehead atoms. The van der Waals surface area contributed by atoms with Crippen molar-refractivity contribution in [3.63, 3.8) is 0 Å². The molecule has 1 aliphatic rings. The largest absolute Gasteiger partial charge is 0.454 e. The van der Waals surface area contributed by atoms with Crippen molar-refractivity contribution in [2.45, 2.75) is 37.9 Å². The van der Waals surface area contributed by atoms with Crippen LogP contribution in [0.25, 0.3) is 0 Å². The summed E-state index contributed by atoms with van der Waals surface area (Å²) in [6.07, 6.45) is -0.402. The maximum absolute atomic E-state index is 12.1. The van der Waals surface area contributed by atoms with Crippen molar-refractivity contribution >= 4 is 7.12 Å². The summed E-state index contributed by atoms with van der Waals surface area (Å²) in [7, 11) is -1.33. The molecule has 0 heterocycles. The third-order valence-electron chi connectivity index (χ3n) is 2.59. The molecule has 0 unspecified atom stereocenters. The van der Waals surface area contributed by atoms with Crippen LogP contribution < -0.4 is 0 Å². The van der Waals surface area contributed by atoms with Crippen LogP contribution >= 0.6 is 0 Å². The van der Waals surface area contributed by atoms with Crippen LogP contribution in [0.5, 0.6) is 0 Å². The van der Waals surface area contributed by atoms with Gasteiger partial charge >= 0.3 is 7.12 Å². The van der Waals surface area contributed by atoms with Gasteiger partial charge in [0.2, 0.25) is 6.43 Å². The van der Waals surface area contributed by atoms with E-state index in [-0.39, 0.29) is 5.82 Å². The second-order valence-corrected chi connectivity index (χ2v) is 3.42. The van der Waals surface area contributed by atoms with Crippen LogP contribution in [0.3, 0.4) is 0 Å². The van der Waals surface area contributed by atoms with Crippen molar-refractivity contribution in [2.24, 2.45) is 5.92 Å². The molecule has 0 aromatic rings. The van der Waals surface area contributed by atoms with E-state index in [9.17, 15) is 8.78 Å². The number of rotatable bonds is 2. The second kappa shape index (κ2) is 4.19. The minimum Gasteiger partial charge on any atom is -0.427 e. The first kappa shape index (κ1) is 9.93. The number of alkyl halides is 2. The molecular formula is C7H13BF2O2. The lowest BCUT2D eigenvalue weighted by Crippen LogP contribution is -2.27. The van der Waals surface area contributed by atoms with Gasteiger partial charge in [0.25, 0.3) is 0 Å². The van der Waals surface area contributed by atoms with Crippen LogP contribution in [0.4, 0.5) is 8.78 Å². The molecule has 0 saturated heterocycles. The van der Waals surface area contributed by atoms with E-state index in [2.05, 4.69) is 0 Å². The molecule has 2 nitrogen and oxygen atoms in total. The lowest BCUT2D eigenvalue weighted by molar-refractivity contribution is 0.0545. The highest BCUT2D eigenvalue weighted by molar-refractivity contribution is 6.43. The van der Waals surface area contributed by atoms with E-state index in [1.807, 2.05) is 0 Å². The maximum atomic E-state index is 12.1. The highest BCUT2D eigenvalue weighted by Gasteiger charge is 2.32. The molecule has 2 N–H and O–H groups in total. The van der Waals surface area contributed by atoms with Gasteiger partial charge in [-0.05, 0) is 18.7 Å². The predicted octanol–water partition coefficient (Wildman–Crippen LogP) is 1.28. The Labute approximate surface area is 70.7 Å². The Kier molecular flexibility index (Phi) is 3.46. The third kappa shape index (κ3) is 2.42.